The second-order valence-electron chi connectivity index (χ2n) is 1.39. The second-order valence-corrected chi connectivity index (χ2v) is 3.49. The van der Waals surface area contributed by atoms with E-state index in [1.54, 1.807) is 0 Å². The van der Waals surface area contributed by atoms with Crippen molar-refractivity contribution in [1.29, 1.82) is 0 Å². The molecule has 0 aromatic carbocycles. The summed E-state index contributed by atoms with van der Waals surface area (Å²) in [5, 5.41) is 21.5. The van der Waals surface area contributed by atoms with Gasteiger partial charge in [-0.15, -0.1) is 0 Å². The number of rotatable bonds is 0. The molecule has 0 aliphatic heterocycles. The van der Waals surface area contributed by atoms with Gasteiger partial charge >= 0.3 is 26.8 Å². The monoisotopic (exact) mass is 376 g/mol. The van der Waals surface area contributed by atoms with Gasteiger partial charge in [-0.05, 0) is 0 Å². The molecule has 0 aliphatic rings. The first kappa shape index (κ1) is 30.2. The van der Waals surface area contributed by atoms with Crippen molar-refractivity contribution in [2.45, 2.75) is 0 Å². The molecule has 0 radical (unpaired) electrons. The average Bonchev–Trinajstić information content (AvgIpc) is 1.45. The third-order valence-corrected chi connectivity index (χ3v) is 0. The van der Waals surface area contributed by atoms with Gasteiger partial charge in [-0.25, -0.2) is 0 Å². The number of hydrogen-bond acceptors (Lipinski definition) is 9. The quantitative estimate of drug-likeness (QED) is 0.143. The Bertz CT molecular complexity index is 192. The van der Waals surface area contributed by atoms with Crippen LogP contribution in [0.1, 0.15) is 0 Å². The molecule has 0 heterocycles. The van der Waals surface area contributed by atoms with E-state index in [2.05, 4.69) is 0 Å². The maximum Gasteiger partial charge on any atom is 0.668 e. The van der Waals surface area contributed by atoms with Crippen LogP contribution < -0.4 is 0 Å². The zero-order valence-electron chi connectivity index (χ0n) is 7.39. The van der Waals surface area contributed by atoms with Crippen LogP contribution in [0.2, 0.25) is 0 Å². The first-order valence-electron chi connectivity index (χ1n) is 2.37. The molecule has 16 heavy (non-hydrogen) atoms. The first-order valence-corrected chi connectivity index (χ1v) is 5.55. The normalized spacial score (nSPS) is 9.06. The van der Waals surface area contributed by atoms with Crippen LogP contribution in [0, 0.1) is 0 Å². The van der Waals surface area contributed by atoms with Gasteiger partial charge in [0.2, 0.25) is 0 Å². The fraction of sp³-hybridized carbons (Fsp3) is 0. The summed E-state index contributed by atoms with van der Waals surface area (Å²) in [4.78, 5) is 29.3. The van der Waals surface area contributed by atoms with Gasteiger partial charge in [0.15, 0.2) is 0 Å². The van der Waals surface area contributed by atoms with E-state index in [1.807, 2.05) is 0 Å². The van der Waals surface area contributed by atoms with Gasteiger partial charge in [0.1, 0.15) is 0 Å². The van der Waals surface area contributed by atoms with E-state index in [9.17, 15) is 0 Å². The molecule has 0 unspecified atom stereocenters. The molecule has 0 aromatic rings. The fourth-order valence-electron chi connectivity index (χ4n) is 0. The van der Waals surface area contributed by atoms with Crippen LogP contribution in [0.4, 0.5) is 0 Å². The Kier molecular flexibility index (Phi) is 26.6. The molecule has 11 nitrogen and oxygen atoms in total. The standard InChI is InChI=1S/BH3O3.Fe.H2O4S.H4O4Si.Zn/c2-1(3)4;;2*1-5(2,3)4;/h2-4H;;(H2,1,2,3,4);1-4H;. The summed E-state index contributed by atoms with van der Waals surface area (Å²) in [7, 11) is -11.4. The van der Waals surface area contributed by atoms with Gasteiger partial charge in [-0.1, -0.05) is 0 Å². The van der Waals surface area contributed by atoms with E-state index in [4.69, 9.17) is 51.8 Å². The largest absolute Gasteiger partial charge is 0.668 e. The van der Waals surface area contributed by atoms with E-state index < -0.39 is 26.8 Å². The van der Waals surface area contributed by atoms with Crippen LogP contribution in [0.3, 0.4) is 0 Å². The van der Waals surface area contributed by atoms with E-state index in [1.165, 1.54) is 0 Å². The third-order valence-electron chi connectivity index (χ3n) is 0. The molecule has 0 aromatic heterocycles. The van der Waals surface area contributed by atoms with Gasteiger partial charge in [0.25, 0.3) is 0 Å². The average molecular weight is 377 g/mol. The predicted molar refractivity (Wildman–Crippen MR) is 41.2 cm³/mol. The molecule has 0 saturated heterocycles. The van der Waals surface area contributed by atoms with Crippen molar-refractivity contribution in [2.24, 2.45) is 0 Å². The Morgan fingerprint density at radius 2 is 0.875 bits per heavy atom. The molecule has 0 fully saturated rings. The summed E-state index contributed by atoms with van der Waals surface area (Å²) < 4.78 is 31.6. The van der Waals surface area contributed by atoms with Crippen molar-refractivity contribution in [3.63, 3.8) is 0 Å². The Morgan fingerprint density at radius 3 is 0.875 bits per heavy atom. The first-order chi connectivity index (χ1) is 5.73. The van der Waals surface area contributed by atoms with Crippen molar-refractivity contribution < 1.29 is 88.3 Å². The molecule has 0 saturated carbocycles. The minimum absolute atomic E-state index is 0. The summed E-state index contributed by atoms with van der Waals surface area (Å²) in [5.74, 6) is 0. The molecule has 16 heteroatoms. The van der Waals surface area contributed by atoms with Crippen LogP contribution in [0.25, 0.3) is 0 Å². The minimum atomic E-state index is -4.67. The van der Waals surface area contributed by atoms with Gasteiger partial charge < -0.3 is 34.3 Å². The van der Waals surface area contributed by atoms with Gasteiger partial charge in [-0.2, -0.15) is 8.42 Å². The van der Waals surface area contributed by atoms with Crippen molar-refractivity contribution in [3.8, 4) is 0 Å². The molecule has 98 valence electrons. The minimum Gasteiger partial charge on any atom is -0.402 e. The van der Waals surface area contributed by atoms with E-state index in [0.29, 0.717) is 0 Å². The van der Waals surface area contributed by atoms with E-state index in [0.717, 1.165) is 0 Å². The van der Waals surface area contributed by atoms with Crippen LogP contribution >= 0.6 is 0 Å². The number of hydrogen-bond donors (Lipinski definition) is 9. The summed E-state index contributed by atoms with van der Waals surface area (Å²) in [6.45, 7) is 0. The predicted octanol–water partition coefficient (Wildman–Crippen LogP) is -5.32. The second kappa shape index (κ2) is 14.1. The van der Waals surface area contributed by atoms with Gasteiger partial charge in [0.05, 0.1) is 0 Å². The molecule has 9 N–H and O–H groups in total. The van der Waals surface area contributed by atoms with Crippen LogP contribution in [-0.2, 0) is 46.9 Å². The van der Waals surface area contributed by atoms with E-state index >= 15 is 0 Å². The maximum absolute atomic E-state index is 8.74. The summed E-state index contributed by atoms with van der Waals surface area (Å²) in [6.07, 6.45) is 0. The fourth-order valence-corrected chi connectivity index (χ4v) is 0. The zero-order chi connectivity index (χ0) is 12.6. The third kappa shape index (κ3) is 2860. The van der Waals surface area contributed by atoms with Crippen molar-refractivity contribution in [3.05, 3.63) is 0 Å². The van der Waals surface area contributed by atoms with Crippen LogP contribution in [0.15, 0.2) is 0 Å². The van der Waals surface area contributed by atoms with Gasteiger partial charge in [-0.3, -0.25) is 9.11 Å². The molecule has 0 atom stereocenters. The molecule has 0 spiro atoms. The Hall–Kier alpha value is 1.01. The molecular formula is H9BFeO11SSiZn. The van der Waals surface area contributed by atoms with Crippen molar-refractivity contribution >= 4 is 26.8 Å². The zero-order valence-corrected chi connectivity index (χ0v) is 13.3. The topological polar surface area (TPSA) is 216 Å². The molecule has 0 amide bonds. The Balaban J connectivity index is -0.0000000358. The molecule has 0 rings (SSSR count). The van der Waals surface area contributed by atoms with Crippen LogP contribution in [0.5, 0.6) is 0 Å². The Morgan fingerprint density at radius 1 is 0.875 bits per heavy atom. The van der Waals surface area contributed by atoms with Crippen molar-refractivity contribution in [1.82, 2.24) is 0 Å². The van der Waals surface area contributed by atoms with Gasteiger partial charge in [0, 0.05) is 36.5 Å². The van der Waals surface area contributed by atoms with E-state index in [-0.39, 0.29) is 36.5 Å². The SMILES string of the molecule is O=S(=O)(O)O.OB(O)O.O[Si](O)(O)O.[Fe].[Zn]. The smallest absolute Gasteiger partial charge is 0.402 e. The molecular weight excluding hydrogens is 368 g/mol. The molecule has 0 aliphatic carbocycles. The van der Waals surface area contributed by atoms with Crippen molar-refractivity contribution in [2.75, 3.05) is 0 Å². The van der Waals surface area contributed by atoms with Crippen LogP contribution in [-0.4, -0.2) is 68.1 Å². The maximum atomic E-state index is 8.74. The summed E-state index contributed by atoms with van der Waals surface area (Å²) in [6, 6.07) is 0. The molecule has 0 bridgehead atoms. The summed E-state index contributed by atoms with van der Waals surface area (Å²) >= 11 is 0. The Labute approximate surface area is 115 Å². The summed E-state index contributed by atoms with van der Waals surface area (Å²) in [5.41, 5.74) is 0.